The zero-order chi connectivity index (χ0) is 14.9. The van der Waals surface area contributed by atoms with Gasteiger partial charge >= 0.3 is 11.8 Å². The van der Waals surface area contributed by atoms with Crippen molar-refractivity contribution in [3.8, 4) is 0 Å². The Balaban J connectivity index is 2.10. The molecule has 0 aliphatic heterocycles. The van der Waals surface area contributed by atoms with E-state index in [0.717, 1.165) is 0 Å². The molecular formula is C14H19N3O3. The molecule has 0 aliphatic rings. The van der Waals surface area contributed by atoms with Crippen molar-refractivity contribution in [1.29, 1.82) is 0 Å². The maximum Gasteiger partial charge on any atom is 0.419 e. The monoisotopic (exact) mass is 277 g/mol. The van der Waals surface area contributed by atoms with Crippen LogP contribution in [0, 0.1) is 5.41 Å². The Hall–Kier alpha value is -2.24. The standard InChI is InChI=1S/C14H19N3O3/c1-14(2,3)8-15-12(18)16-9-5-6-10-11(7-9)20-13(19)17(10)4/h5-7H,8H2,1-4H3,(H2,15,16,18). The SMILES string of the molecule is Cn1c(=O)oc2cc(NC(=O)NCC(C)(C)C)ccc21. The molecule has 0 saturated carbocycles. The Bertz CT molecular complexity index is 692. The number of hydrogen-bond donors (Lipinski definition) is 2. The fourth-order valence-electron chi connectivity index (χ4n) is 1.73. The van der Waals surface area contributed by atoms with Crippen LogP contribution in [0.1, 0.15) is 20.8 Å². The smallest absolute Gasteiger partial charge is 0.408 e. The summed E-state index contributed by atoms with van der Waals surface area (Å²) in [5, 5.41) is 5.50. The molecule has 6 nitrogen and oxygen atoms in total. The van der Waals surface area contributed by atoms with E-state index < -0.39 is 5.76 Å². The predicted octanol–water partition coefficient (Wildman–Crippen LogP) is 2.30. The molecule has 2 amide bonds. The molecule has 0 aliphatic carbocycles. The van der Waals surface area contributed by atoms with Gasteiger partial charge in [0.25, 0.3) is 0 Å². The molecule has 0 unspecified atom stereocenters. The molecule has 1 aromatic heterocycles. The molecule has 1 heterocycles. The first-order chi connectivity index (χ1) is 9.26. The molecule has 0 saturated heterocycles. The van der Waals surface area contributed by atoms with Crippen LogP contribution >= 0.6 is 0 Å². The maximum atomic E-state index is 11.7. The quantitative estimate of drug-likeness (QED) is 0.884. The van der Waals surface area contributed by atoms with Crippen LogP contribution in [0.3, 0.4) is 0 Å². The van der Waals surface area contributed by atoms with Crippen molar-refractivity contribution in [1.82, 2.24) is 9.88 Å². The number of anilines is 1. The van der Waals surface area contributed by atoms with Gasteiger partial charge in [-0.25, -0.2) is 9.59 Å². The number of nitrogens with zero attached hydrogens (tertiary/aromatic N) is 1. The third-order valence-corrected chi connectivity index (χ3v) is 2.83. The number of oxazole rings is 1. The van der Waals surface area contributed by atoms with Crippen LogP contribution in [0.25, 0.3) is 11.1 Å². The van der Waals surface area contributed by atoms with Gasteiger partial charge in [-0.1, -0.05) is 20.8 Å². The van der Waals surface area contributed by atoms with Crippen molar-refractivity contribution in [3.63, 3.8) is 0 Å². The number of hydrogen-bond acceptors (Lipinski definition) is 3. The summed E-state index contributed by atoms with van der Waals surface area (Å²) in [5.74, 6) is -0.422. The minimum absolute atomic E-state index is 0.0213. The van der Waals surface area contributed by atoms with Crippen molar-refractivity contribution in [2.75, 3.05) is 11.9 Å². The van der Waals surface area contributed by atoms with Gasteiger partial charge in [0.15, 0.2) is 5.58 Å². The molecule has 2 N–H and O–H groups in total. The first kappa shape index (κ1) is 14.2. The van der Waals surface area contributed by atoms with Gasteiger partial charge in [0.05, 0.1) is 5.52 Å². The molecule has 1 aromatic carbocycles. The molecule has 108 valence electrons. The lowest BCUT2D eigenvalue weighted by molar-refractivity contribution is 0.247. The molecule has 2 aromatic rings. The van der Waals surface area contributed by atoms with Crippen molar-refractivity contribution in [2.45, 2.75) is 20.8 Å². The van der Waals surface area contributed by atoms with E-state index in [4.69, 9.17) is 4.42 Å². The van der Waals surface area contributed by atoms with Gasteiger partial charge in [-0.05, 0) is 17.5 Å². The lowest BCUT2D eigenvalue weighted by atomic mass is 9.97. The molecule has 0 fully saturated rings. The fraction of sp³-hybridized carbons (Fsp3) is 0.429. The van der Waals surface area contributed by atoms with Gasteiger partial charge in [0.2, 0.25) is 0 Å². The minimum Gasteiger partial charge on any atom is -0.408 e. The normalized spacial score (nSPS) is 11.6. The number of fused-ring (bicyclic) bond motifs is 1. The molecule has 0 bridgehead atoms. The van der Waals surface area contributed by atoms with Crippen LogP contribution in [-0.2, 0) is 7.05 Å². The molecular weight excluding hydrogens is 258 g/mol. The Kier molecular flexibility index (Phi) is 3.57. The third kappa shape index (κ3) is 3.20. The number of nitrogens with one attached hydrogen (secondary N) is 2. The average molecular weight is 277 g/mol. The number of carbonyl (C=O) groups is 1. The van der Waals surface area contributed by atoms with E-state index in [9.17, 15) is 9.59 Å². The minimum atomic E-state index is -0.422. The van der Waals surface area contributed by atoms with E-state index in [-0.39, 0.29) is 11.4 Å². The van der Waals surface area contributed by atoms with Gasteiger partial charge in [0, 0.05) is 25.3 Å². The Morgan fingerprint density at radius 2 is 2.05 bits per heavy atom. The number of aryl methyl sites for hydroxylation is 1. The number of urea groups is 1. The van der Waals surface area contributed by atoms with Gasteiger partial charge in [0.1, 0.15) is 0 Å². The van der Waals surface area contributed by atoms with Crippen LogP contribution in [0.15, 0.2) is 27.4 Å². The first-order valence-electron chi connectivity index (χ1n) is 6.41. The van der Waals surface area contributed by atoms with Gasteiger partial charge in [-0.3, -0.25) is 4.57 Å². The number of amides is 2. The highest BCUT2D eigenvalue weighted by Crippen LogP contribution is 2.17. The second-order valence-corrected chi connectivity index (χ2v) is 5.98. The van der Waals surface area contributed by atoms with Crippen molar-refractivity contribution in [2.24, 2.45) is 12.5 Å². The molecule has 20 heavy (non-hydrogen) atoms. The van der Waals surface area contributed by atoms with Crippen molar-refractivity contribution >= 4 is 22.8 Å². The summed E-state index contributed by atoms with van der Waals surface area (Å²) in [4.78, 5) is 23.1. The summed E-state index contributed by atoms with van der Waals surface area (Å²) in [6.45, 7) is 6.69. The van der Waals surface area contributed by atoms with E-state index in [1.54, 1.807) is 25.2 Å². The lowest BCUT2D eigenvalue weighted by Crippen LogP contribution is -2.35. The molecule has 6 heteroatoms. The van der Waals surface area contributed by atoms with Gasteiger partial charge in [-0.15, -0.1) is 0 Å². The topological polar surface area (TPSA) is 76.3 Å². The second-order valence-electron chi connectivity index (χ2n) is 5.98. The molecule has 0 atom stereocenters. The lowest BCUT2D eigenvalue weighted by Gasteiger charge is -2.18. The van der Waals surface area contributed by atoms with Gasteiger partial charge < -0.3 is 15.1 Å². The highest BCUT2D eigenvalue weighted by molar-refractivity contribution is 5.91. The van der Waals surface area contributed by atoms with E-state index in [1.165, 1.54) is 4.57 Å². The average Bonchev–Trinajstić information content (AvgIpc) is 2.61. The largest absolute Gasteiger partial charge is 0.419 e. The Morgan fingerprint density at radius 3 is 2.70 bits per heavy atom. The Morgan fingerprint density at radius 1 is 1.35 bits per heavy atom. The van der Waals surface area contributed by atoms with Crippen molar-refractivity contribution < 1.29 is 9.21 Å². The number of benzene rings is 1. The van der Waals surface area contributed by atoms with Crippen molar-refractivity contribution in [3.05, 3.63) is 28.7 Å². The maximum absolute atomic E-state index is 11.7. The second kappa shape index (κ2) is 5.03. The van der Waals surface area contributed by atoms with E-state index in [1.807, 2.05) is 20.8 Å². The van der Waals surface area contributed by atoms with Gasteiger partial charge in [-0.2, -0.15) is 0 Å². The van der Waals surface area contributed by atoms with E-state index in [0.29, 0.717) is 23.3 Å². The highest BCUT2D eigenvalue weighted by atomic mass is 16.4. The summed E-state index contributed by atoms with van der Waals surface area (Å²) in [7, 11) is 1.64. The highest BCUT2D eigenvalue weighted by Gasteiger charge is 2.12. The number of aromatic nitrogens is 1. The van der Waals surface area contributed by atoms with Crippen LogP contribution < -0.4 is 16.4 Å². The zero-order valence-corrected chi connectivity index (χ0v) is 12.1. The number of rotatable bonds is 2. The van der Waals surface area contributed by atoms with E-state index in [2.05, 4.69) is 10.6 Å². The van der Waals surface area contributed by atoms with Crippen LogP contribution in [0.2, 0.25) is 0 Å². The number of carbonyl (C=O) groups excluding carboxylic acids is 1. The van der Waals surface area contributed by atoms with Crippen LogP contribution in [-0.4, -0.2) is 17.1 Å². The fourth-order valence-corrected chi connectivity index (χ4v) is 1.73. The predicted molar refractivity (Wildman–Crippen MR) is 77.9 cm³/mol. The molecule has 2 rings (SSSR count). The van der Waals surface area contributed by atoms with Crippen LogP contribution in [0.4, 0.5) is 10.5 Å². The Labute approximate surface area is 116 Å². The zero-order valence-electron chi connectivity index (χ0n) is 12.1. The summed E-state index contributed by atoms with van der Waals surface area (Å²) in [6.07, 6.45) is 0. The molecule has 0 radical (unpaired) electrons. The van der Waals surface area contributed by atoms with E-state index >= 15 is 0 Å². The first-order valence-corrected chi connectivity index (χ1v) is 6.41. The summed E-state index contributed by atoms with van der Waals surface area (Å²) < 4.78 is 6.49. The van der Waals surface area contributed by atoms with Crippen LogP contribution in [0.5, 0.6) is 0 Å². The summed E-state index contributed by atoms with van der Waals surface area (Å²) in [5.41, 5.74) is 1.74. The summed E-state index contributed by atoms with van der Waals surface area (Å²) >= 11 is 0. The molecule has 0 spiro atoms. The summed E-state index contributed by atoms with van der Waals surface area (Å²) in [6, 6.07) is 4.82. The third-order valence-electron chi connectivity index (χ3n) is 2.83.